The number of β-lactam (4-membered cyclic amide) rings is 1. The van der Waals surface area contributed by atoms with Crippen LogP contribution in [0, 0.1) is 0 Å². The highest BCUT2D eigenvalue weighted by atomic mass is 32.2. The zero-order chi connectivity index (χ0) is 9.97. The fourth-order valence-electron chi connectivity index (χ4n) is 2.00. The van der Waals surface area contributed by atoms with Gasteiger partial charge in [0.2, 0.25) is 5.91 Å². The summed E-state index contributed by atoms with van der Waals surface area (Å²) in [5, 5.41) is 0.476. The number of allylic oxidation sites excluding steroid dienone is 1. The molecule has 1 fully saturated rings. The molecule has 0 bridgehead atoms. The molecule has 0 unspecified atom stereocenters. The highest BCUT2D eigenvalue weighted by molar-refractivity contribution is 8.00. The van der Waals surface area contributed by atoms with Crippen LogP contribution in [0.15, 0.2) is 11.8 Å². The summed E-state index contributed by atoms with van der Waals surface area (Å²) in [6.45, 7) is 2.21. The Morgan fingerprint density at radius 1 is 1.57 bits per heavy atom. The van der Waals surface area contributed by atoms with E-state index in [9.17, 15) is 4.79 Å². The van der Waals surface area contributed by atoms with Crippen molar-refractivity contribution >= 4 is 17.7 Å². The molecule has 1 atom stereocenters. The van der Waals surface area contributed by atoms with Crippen LogP contribution in [0.1, 0.15) is 39.0 Å². The molecule has 1 amide bonds. The molecule has 0 aromatic heterocycles. The number of unbranched alkanes of at least 4 members (excludes halogenated alkanes) is 2. The van der Waals surface area contributed by atoms with Crippen molar-refractivity contribution < 1.29 is 4.79 Å². The first-order chi connectivity index (χ1) is 6.83. The van der Waals surface area contributed by atoms with Gasteiger partial charge in [0.15, 0.2) is 0 Å². The number of amides is 1. The topological polar surface area (TPSA) is 20.3 Å². The van der Waals surface area contributed by atoms with Crippen LogP contribution in [0.4, 0.5) is 0 Å². The quantitative estimate of drug-likeness (QED) is 0.526. The number of nitrogens with zero attached hydrogens (tertiary/aromatic N) is 1. The van der Waals surface area contributed by atoms with Crippen molar-refractivity contribution in [2.45, 2.75) is 44.4 Å². The van der Waals surface area contributed by atoms with E-state index in [1.54, 1.807) is 0 Å². The lowest BCUT2D eigenvalue weighted by atomic mass is 10.1. The van der Waals surface area contributed by atoms with Gasteiger partial charge in [0.25, 0.3) is 0 Å². The molecular weight excluding hydrogens is 194 g/mol. The zero-order valence-electron chi connectivity index (χ0n) is 8.66. The summed E-state index contributed by atoms with van der Waals surface area (Å²) in [5.41, 5.74) is 1.29. The number of carbonyl (C=O) groups is 1. The van der Waals surface area contributed by atoms with Gasteiger partial charge in [-0.2, -0.15) is 0 Å². The molecule has 0 N–H and O–H groups in total. The van der Waals surface area contributed by atoms with E-state index in [2.05, 4.69) is 13.0 Å². The summed E-state index contributed by atoms with van der Waals surface area (Å²) in [5.74, 6) is 1.42. The van der Waals surface area contributed by atoms with Gasteiger partial charge in [-0.1, -0.05) is 25.8 Å². The minimum atomic E-state index is 0.324. The molecule has 0 aliphatic carbocycles. The minimum absolute atomic E-state index is 0.324. The van der Waals surface area contributed by atoms with Gasteiger partial charge >= 0.3 is 0 Å². The van der Waals surface area contributed by atoms with Crippen molar-refractivity contribution in [3.05, 3.63) is 11.8 Å². The molecule has 0 radical (unpaired) electrons. The lowest BCUT2D eigenvalue weighted by molar-refractivity contribution is -0.138. The van der Waals surface area contributed by atoms with Gasteiger partial charge in [-0.25, -0.2) is 0 Å². The maximum atomic E-state index is 11.4. The molecule has 78 valence electrons. The van der Waals surface area contributed by atoms with Crippen LogP contribution in [0.2, 0.25) is 0 Å². The number of fused-ring (bicyclic) bond motifs is 1. The van der Waals surface area contributed by atoms with Gasteiger partial charge < -0.3 is 4.90 Å². The van der Waals surface area contributed by atoms with Crippen LogP contribution in [0.3, 0.4) is 0 Å². The van der Waals surface area contributed by atoms with Gasteiger partial charge in [-0.15, -0.1) is 11.8 Å². The molecular formula is C11H17NOS. The Kier molecular flexibility index (Phi) is 3.16. The summed E-state index contributed by atoms with van der Waals surface area (Å²) in [6, 6.07) is 0. The lowest BCUT2D eigenvalue weighted by Gasteiger charge is -2.44. The van der Waals surface area contributed by atoms with E-state index in [0.29, 0.717) is 11.3 Å². The van der Waals surface area contributed by atoms with E-state index >= 15 is 0 Å². The van der Waals surface area contributed by atoms with E-state index in [0.717, 1.165) is 18.6 Å². The normalized spacial score (nSPS) is 25.5. The molecule has 0 aromatic rings. The fraction of sp³-hybridized carbons (Fsp3) is 0.727. The van der Waals surface area contributed by atoms with E-state index in [4.69, 9.17) is 0 Å². The first kappa shape index (κ1) is 10.1. The molecule has 0 saturated carbocycles. The second-order valence-electron chi connectivity index (χ2n) is 3.91. The van der Waals surface area contributed by atoms with Gasteiger partial charge in [0.1, 0.15) is 0 Å². The maximum absolute atomic E-state index is 11.4. The molecule has 2 rings (SSSR count). The third kappa shape index (κ3) is 1.83. The van der Waals surface area contributed by atoms with Crippen molar-refractivity contribution in [2.75, 3.05) is 5.75 Å². The Morgan fingerprint density at radius 2 is 2.43 bits per heavy atom. The van der Waals surface area contributed by atoms with Crippen molar-refractivity contribution in [3.8, 4) is 0 Å². The fourth-order valence-corrected chi connectivity index (χ4v) is 3.17. The van der Waals surface area contributed by atoms with Crippen LogP contribution >= 0.6 is 11.8 Å². The highest BCUT2D eigenvalue weighted by Crippen LogP contribution is 2.38. The van der Waals surface area contributed by atoms with Gasteiger partial charge in [0.05, 0.1) is 11.8 Å². The first-order valence-electron chi connectivity index (χ1n) is 5.45. The molecule has 2 heterocycles. The molecule has 2 nitrogen and oxygen atoms in total. The molecule has 2 aliphatic rings. The van der Waals surface area contributed by atoms with E-state index in [1.165, 1.54) is 25.0 Å². The van der Waals surface area contributed by atoms with Gasteiger partial charge in [-0.3, -0.25) is 4.79 Å². The highest BCUT2D eigenvalue weighted by Gasteiger charge is 2.39. The maximum Gasteiger partial charge on any atom is 0.230 e. The molecule has 14 heavy (non-hydrogen) atoms. The Morgan fingerprint density at radius 3 is 3.14 bits per heavy atom. The predicted molar refractivity (Wildman–Crippen MR) is 59.9 cm³/mol. The summed E-state index contributed by atoms with van der Waals surface area (Å²) >= 11 is 1.89. The second-order valence-corrected chi connectivity index (χ2v) is 5.12. The second kappa shape index (κ2) is 4.39. The largest absolute Gasteiger partial charge is 0.303 e. The lowest BCUT2D eigenvalue weighted by Crippen LogP contribution is -2.51. The van der Waals surface area contributed by atoms with E-state index in [-0.39, 0.29) is 0 Å². The monoisotopic (exact) mass is 211 g/mol. The predicted octanol–water partition coefficient (Wildman–Crippen LogP) is 2.76. The Balaban J connectivity index is 1.89. The number of hydrogen-bond donors (Lipinski definition) is 0. The average molecular weight is 211 g/mol. The summed E-state index contributed by atoms with van der Waals surface area (Å²) < 4.78 is 0. The molecule has 0 spiro atoms. The third-order valence-corrected chi connectivity index (χ3v) is 3.98. The number of thioether (sulfide) groups is 1. The summed E-state index contributed by atoms with van der Waals surface area (Å²) in [7, 11) is 0. The van der Waals surface area contributed by atoms with E-state index in [1.807, 2.05) is 16.7 Å². The number of hydrogen-bond acceptors (Lipinski definition) is 2. The Hall–Kier alpha value is -0.440. The zero-order valence-corrected chi connectivity index (χ0v) is 9.48. The van der Waals surface area contributed by atoms with Crippen LogP contribution in [-0.2, 0) is 4.79 Å². The Bertz CT molecular complexity index is 262. The van der Waals surface area contributed by atoms with Crippen LogP contribution in [0.5, 0.6) is 0 Å². The van der Waals surface area contributed by atoms with Crippen molar-refractivity contribution in [3.63, 3.8) is 0 Å². The number of rotatable bonds is 4. The van der Waals surface area contributed by atoms with Gasteiger partial charge in [-0.05, 0) is 12.8 Å². The van der Waals surface area contributed by atoms with Crippen LogP contribution in [-0.4, -0.2) is 21.9 Å². The van der Waals surface area contributed by atoms with Crippen molar-refractivity contribution in [2.24, 2.45) is 0 Å². The average Bonchev–Trinajstić information content (AvgIpc) is 2.16. The Labute approximate surface area is 89.7 Å². The smallest absolute Gasteiger partial charge is 0.230 e. The summed E-state index contributed by atoms with van der Waals surface area (Å²) in [6.07, 6.45) is 7.83. The summed E-state index contributed by atoms with van der Waals surface area (Å²) in [4.78, 5) is 13.4. The van der Waals surface area contributed by atoms with E-state index < -0.39 is 0 Å². The van der Waals surface area contributed by atoms with Crippen molar-refractivity contribution in [1.29, 1.82) is 0 Å². The van der Waals surface area contributed by atoms with Crippen molar-refractivity contribution in [1.82, 2.24) is 4.90 Å². The molecule has 1 saturated heterocycles. The third-order valence-electron chi connectivity index (χ3n) is 2.86. The molecule has 0 aromatic carbocycles. The molecule has 3 heteroatoms. The van der Waals surface area contributed by atoms with Gasteiger partial charge in [0, 0.05) is 11.4 Å². The van der Waals surface area contributed by atoms with Crippen LogP contribution in [0.25, 0.3) is 0 Å². The molecule has 2 aliphatic heterocycles. The standard InChI is InChI=1S/C11H17NOS/c1-2-3-4-5-9-6-7-14-11-8-10(13)12(9)11/h6,11H,2-5,7-8H2,1H3/t11-/m1/s1. The number of carbonyl (C=O) groups excluding carboxylic acids is 1. The minimum Gasteiger partial charge on any atom is -0.303 e. The first-order valence-corrected chi connectivity index (χ1v) is 6.50. The van der Waals surface area contributed by atoms with Crippen LogP contribution < -0.4 is 0 Å². The SMILES string of the molecule is CCCCCC1=CCS[C@@H]2CC(=O)N12.